The number of rotatable bonds is 2. The maximum atomic E-state index is 12.9. The summed E-state index contributed by atoms with van der Waals surface area (Å²) >= 11 is 0. The Morgan fingerprint density at radius 1 is 1.44 bits per heavy atom. The third kappa shape index (κ3) is 2.40. The number of oxazole rings is 1. The summed E-state index contributed by atoms with van der Waals surface area (Å²) in [6.07, 6.45) is 0. The zero-order chi connectivity index (χ0) is 10.8. The van der Waals surface area contributed by atoms with Crippen molar-refractivity contribution in [2.75, 3.05) is 0 Å². The highest BCUT2D eigenvalue weighted by molar-refractivity contribution is 5.85. The van der Waals surface area contributed by atoms with E-state index in [1.54, 1.807) is 19.1 Å². The molecule has 16 heavy (non-hydrogen) atoms. The molecule has 5 heteroatoms. The Hall–Kier alpha value is -1.39. The Morgan fingerprint density at radius 2 is 2.19 bits per heavy atom. The molecule has 3 nitrogen and oxygen atoms in total. The van der Waals surface area contributed by atoms with Crippen LogP contribution in [0.4, 0.5) is 4.39 Å². The molecule has 1 aromatic carbocycles. The summed E-state index contributed by atoms with van der Waals surface area (Å²) in [6.45, 7) is 2.11. The van der Waals surface area contributed by atoms with E-state index >= 15 is 0 Å². The van der Waals surface area contributed by atoms with Gasteiger partial charge in [-0.05, 0) is 25.1 Å². The fraction of sp³-hybridized carbons (Fsp3) is 0.182. The van der Waals surface area contributed by atoms with Crippen molar-refractivity contribution in [1.29, 1.82) is 0 Å². The standard InChI is InChI=1S/C11H11FN2O.ClH/c1-7-10(6-13)14-11(15-7)8-3-2-4-9(12)5-8;/h2-5H,6,13H2,1H3;1H. The van der Waals surface area contributed by atoms with Gasteiger partial charge < -0.3 is 10.2 Å². The molecule has 1 heterocycles. The molecular weight excluding hydrogens is 231 g/mol. The summed E-state index contributed by atoms with van der Waals surface area (Å²) in [6, 6.07) is 6.12. The average Bonchev–Trinajstić information content (AvgIpc) is 2.60. The van der Waals surface area contributed by atoms with Crippen molar-refractivity contribution >= 4 is 12.4 Å². The number of aromatic nitrogens is 1. The molecule has 2 rings (SSSR count). The van der Waals surface area contributed by atoms with Crippen molar-refractivity contribution in [2.45, 2.75) is 13.5 Å². The van der Waals surface area contributed by atoms with E-state index in [9.17, 15) is 4.39 Å². The maximum Gasteiger partial charge on any atom is 0.226 e. The fourth-order valence-corrected chi connectivity index (χ4v) is 1.36. The van der Waals surface area contributed by atoms with Crippen LogP contribution in [0.2, 0.25) is 0 Å². The van der Waals surface area contributed by atoms with Crippen molar-refractivity contribution < 1.29 is 8.81 Å². The van der Waals surface area contributed by atoms with E-state index in [2.05, 4.69) is 4.98 Å². The first-order valence-electron chi connectivity index (χ1n) is 4.63. The summed E-state index contributed by atoms with van der Waals surface area (Å²) in [5.41, 5.74) is 6.80. The molecule has 0 amide bonds. The second-order valence-corrected chi connectivity index (χ2v) is 3.24. The largest absolute Gasteiger partial charge is 0.441 e. The summed E-state index contributed by atoms with van der Waals surface area (Å²) in [7, 11) is 0. The number of nitrogens with zero attached hydrogens (tertiary/aromatic N) is 1. The van der Waals surface area contributed by atoms with Crippen LogP contribution in [0.3, 0.4) is 0 Å². The Balaban J connectivity index is 0.00000128. The topological polar surface area (TPSA) is 52.0 Å². The van der Waals surface area contributed by atoms with Gasteiger partial charge in [0, 0.05) is 12.1 Å². The minimum Gasteiger partial charge on any atom is -0.441 e. The van der Waals surface area contributed by atoms with Crippen LogP contribution in [0.5, 0.6) is 0 Å². The van der Waals surface area contributed by atoms with E-state index in [-0.39, 0.29) is 18.2 Å². The van der Waals surface area contributed by atoms with Gasteiger partial charge in [0.1, 0.15) is 11.6 Å². The van der Waals surface area contributed by atoms with Gasteiger partial charge in [0.25, 0.3) is 0 Å². The van der Waals surface area contributed by atoms with Crippen LogP contribution in [0.1, 0.15) is 11.5 Å². The van der Waals surface area contributed by atoms with Gasteiger partial charge in [-0.1, -0.05) is 6.07 Å². The number of benzene rings is 1. The highest BCUT2D eigenvalue weighted by Crippen LogP contribution is 2.21. The van der Waals surface area contributed by atoms with E-state index in [0.29, 0.717) is 29.5 Å². The van der Waals surface area contributed by atoms with Gasteiger partial charge in [-0.15, -0.1) is 12.4 Å². The lowest BCUT2D eigenvalue weighted by Crippen LogP contribution is -1.97. The van der Waals surface area contributed by atoms with E-state index < -0.39 is 0 Å². The first kappa shape index (κ1) is 12.7. The third-order valence-electron chi connectivity index (χ3n) is 2.16. The van der Waals surface area contributed by atoms with Crippen LogP contribution in [0, 0.1) is 12.7 Å². The summed E-state index contributed by atoms with van der Waals surface area (Å²) in [5.74, 6) is 0.780. The van der Waals surface area contributed by atoms with Gasteiger partial charge >= 0.3 is 0 Å². The highest BCUT2D eigenvalue weighted by Gasteiger charge is 2.10. The molecule has 1 aromatic heterocycles. The second-order valence-electron chi connectivity index (χ2n) is 3.24. The van der Waals surface area contributed by atoms with Crippen LogP contribution in [0.15, 0.2) is 28.7 Å². The molecule has 0 unspecified atom stereocenters. The highest BCUT2D eigenvalue weighted by atomic mass is 35.5. The number of hydrogen-bond donors (Lipinski definition) is 1. The Labute approximate surface area is 98.9 Å². The van der Waals surface area contributed by atoms with Crippen LogP contribution < -0.4 is 5.73 Å². The van der Waals surface area contributed by atoms with E-state index in [0.717, 1.165) is 0 Å². The number of nitrogens with two attached hydrogens (primary N) is 1. The molecule has 0 aliphatic heterocycles. The molecule has 86 valence electrons. The maximum absolute atomic E-state index is 12.9. The zero-order valence-corrected chi connectivity index (χ0v) is 9.55. The van der Waals surface area contributed by atoms with Crippen molar-refractivity contribution in [1.82, 2.24) is 4.98 Å². The normalized spacial score (nSPS) is 9.94. The SMILES string of the molecule is Cc1oc(-c2cccc(F)c2)nc1CN.Cl. The van der Waals surface area contributed by atoms with Crippen molar-refractivity contribution in [3.8, 4) is 11.5 Å². The first-order chi connectivity index (χ1) is 7.20. The minimum atomic E-state index is -0.308. The smallest absolute Gasteiger partial charge is 0.226 e. The van der Waals surface area contributed by atoms with Gasteiger partial charge in [-0.3, -0.25) is 0 Å². The fourth-order valence-electron chi connectivity index (χ4n) is 1.36. The predicted molar refractivity (Wildman–Crippen MR) is 61.8 cm³/mol. The number of halogens is 2. The lowest BCUT2D eigenvalue weighted by Gasteiger charge is -1.94. The van der Waals surface area contributed by atoms with E-state index in [4.69, 9.17) is 10.2 Å². The number of aryl methyl sites for hydroxylation is 1. The van der Waals surface area contributed by atoms with Gasteiger partial charge in [0.2, 0.25) is 5.89 Å². The van der Waals surface area contributed by atoms with Gasteiger partial charge in [0.05, 0.1) is 5.69 Å². The summed E-state index contributed by atoms with van der Waals surface area (Å²) < 4.78 is 18.3. The average molecular weight is 243 g/mol. The third-order valence-corrected chi connectivity index (χ3v) is 2.16. The Morgan fingerprint density at radius 3 is 2.75 bits per heavy atom. The predicted octanol–water partition coefficient (Wildman–Crippen LogP) is 2.67. The molecule has 0 spiro atoms. The van der Waals surface area contributed by atoms with Crippen molar-refractivity contribution in [2.24, 2.45) is 5.73 Å². The molecule has 0 bridgehead atoms. The van der Waals surface area contributed by atoms with E-state index in [1.165, 1.54) is 12.1 Å². The van der Waals surface area contributed by atoms with Gasteiger partial charge in [-0.2, -0.15) is 0 Å². The molecule has 0 radical (unpaired) electrons. The van der Waals surface area contributed by atoms with Gasteiger partial charge in [-0.25, -0.2) is 9.37 Å². The minimum absolute atomic E-state index is 0. The van der Waals surface area contributed by atoms with Crippen LogP contribution in [-0.2, 0) is 6.54 Å². The van der Waals surface area contributed by atoms with E-state index in [1.807, 2.05) is 0 Å². The lowest BCUT2D eigenvalue weighted by atomic mass is 10.2. The zero-order valence-electron chi connectivity index (χ0n) is 8.74. The van der Waals surface area contributed by atoms with Crippen LogP contribution >= 0.6 is 12.4 Å². The molecule has 0 saturated carbocycles. The molecule has 0 atom stereocenters. The van der Waals surface area contributed by atoms with Gasteiger partial charge in [0.15, 0.2) is 0 Å². The van der Waals surface area contributed by atoms with Crippen LogP contribution in [-0.4, -0.2) is 4.98 Å². The summed E-state index contributed by atoms with van der Waals surface area (Å²) in [5, 5.41) is 0. The Kier molecular flexibility index (Phi) is 4.04. The van der Waals surface area contributed by atoms with Crippen molar-refractivity contribution in [3.63, 3.8) is 0 Å². The molecule has 0 fully saturated rings. The second kappa shape index (κ2) is 5.09. The van der Waals surface area contributed by atoms with Crippen LogP contribution in [0.25, 0.3) is 11.5 Å². The Bertz CT molecular complexity index is 485. The summed E-state index contributed by atoms with van der Waals surface area (Å²) in [4.78, 5) is 4.18. The number of hydrogen-bond acceptors (Lipinski definition) is 3. The molecule has 0 aliphatic carbocycles. The molecule has 2 N–H and O–H groups in total. The quantitative estimate of drug-likeness (QED) is 0.881. The molecule has 0 saturated heterocycles. The molecule has 0 aliphatic rings. The first-order valence-corrected chi connectivity index (χ1v) is 4.63. The van der Waals surface area contributed by atoms with Crippen molar-refractivity contribution in [3.05, 3.63) is 41.5 Å². The lowest BCUT2D eigenvalue weighted by molar-refractivity contribution is 0.538. The molecular formula is C11H12ClFN2O. The molecule has 2 aromatic rings. The monoisotopic (exact) mass is 242 g/mol.